The lowest BCUT2D eigenvalue weighted by Gasteiger charge is -2.25. The second-order valence-corrected chi connectivity index (χ2v) is 10.0. The number of carbonyl (C=O) groups is 2. The van der Waals surface area contributed by atoms with Gasteiger partial charge >= 0.3 is 11.9 Å². The molecule has 1 aliphatic heterocycles. The van der Waals surface area contributed by atoms with Gasteiger partial charge in [-0.15, -0.1) is 0 Å². The quantitative estimate of drug-likeness (QED) is 0.340. The van der Waals surface area contributed by atoms with Gasteiger partial charge in [-0.2, -0.15) is 0 Å². The van der Waals surface area contributed by atoms with Gasteiger partial charge < -0.3 is 19.0 Å². The first-order valence-electron chi connectivity index (χ1n) is 12.5. The van der Waals surface area contributed by atoms with Crippen molar-refractivity contribution in [2.45, 2.75) is 26.8 Å². The highest BCUT2D eigenvalue weighted by Gasteiger charge is 2.35. The largest absolute Gasteiger partial charge is 0.496 e. The number of rotatable bonds is 7. The lowest BCUT2D eigenvalue weighted by atomic mass is 9.95. The predicted molar refractivity (Wildman–Crippen MR) is 149 cm³/mol. The number of aromatic nitrogens is 1. The molecular weight excluding hydrogens is 532 g/mol. The molecule has 1 atom stereocenters. The second-order valence-electron chi connectivity index (χ2n) is 9.03. The number of carbonyl (C=O) groups excluding carboxylic acids is 1. The molecule has 0 unspecified atom stereocenters. The molecule has 2 aromatic heterocycles. The first-order valence-corrected chi connectivity index (χ1v) is 13.3. The van der Waals surface area contributed by atoms with Crippen LogP contribution in [0, 0.1) is 6.92 Å². The molecule has 0 radical (unpaired) electrons. The smallest absolute Gasteiger partial charge is 0.338 e. The summed E-state index contributed by atoms with van der Waals surface area (Å²) >= 11 is 1.18. The number of esters is 1. The number of fused-ring (bicyclic) bond motifs is 1. The molecule has 0 bridgehead atoms. The summed E-state index contributed by atoms with van der Waals surface area (Å²) in [5, 5.41) is 9.46. The Morgan fingerprint density at radius 3 is 2.62 bits per heavy atom. The van der Waals surface area contributed by atoms with Crippen molar-refractivity contribution in [2.75, 3.05) is 13.7 Å². The first-order chi connectivity index (χ1) is 19.2. The standard InChI is InChI=1S/C30H26N2O7S/c1-5-38-29(36)25-17(3)31-30-32(26(25)21-9-6-7-12-22(21)37-4)27(33)24(40-30)15-18-13-14-23(39-18)19-10-8-11-20(16(19)2)28(34)35/h6-15,26H,5H2,1-4H3,(H,34,35)/b24-15-/t26-/m0/s1. The van der Waals surface area contributed by atoms with Crippen LogP contribution in [-0.2, 0) is 9.53 Å². The minimum Gasteiger partial charge on any atom is -0.496 e. The van der Waals surface area contributed by atoms with Crippen LogP contribution < -0.4 is 19.6 Å². The minimum atomic E-state index is -1.02. The van der Waals surface area contributed by atoms with Crippen LogP contribution >= 0.6 is 11.3 Å². The van der Waals surface area contributed by atoms with Crippen molar-refractivity contribution in [1.82, 2.24) is 4.57 Å². The molecule has 4 aromatic rings. The van der Waals surface area contributed by atoms with Crippen molar-refractivity contribution < 1.29 is 28.6 Å². The number of nitrogens with zero attached hydrogens (tertiary/aromatic N) is 2. The minimum absolute atomic E-state index is 0.175. The normalized spacial score (nSPS) is 15.0. The zero-order chi connectivity index (χ0) is 28.6. The molecule has 0 saturated heterocycles. The van der Waals surface area contributed by atoms with Crippen molar-refractivity contribution in [2.24, 2.45) is 4.99 Å². The third-order valence-electron chi connectivity index (χ3n) is 6.68. The molecule has 2 aromatic carbocycles. The van der Waals surface area contributed by atoms with E-state index in [0.717, 1.165) is 0 Å². The van der Waals surface area contributed by atoms with Crippen LogP contribution in [0.3, 0.4) is 0 Å². The molecule has 1 aliphatic rings. The molecule has 0 fully saturated rings. The second kappa shape index (κ2) is 10.8. The summed E-state index contributed by atoms with van der Waals surface area (Å²) in [6, 6.07) is 14.8. The van der Waals surface area contributed by atoms with Crippen molar-refractivity contribution in [3.63, 3.8) is 0 Å². The van der Waals surface area contributed by atoms with Crippen LogP contribution in [0.25, 0.3) is 17.4 Å². The fraction of sp³-hybridized carbons (Fsp3) is 0.200. The van der Waals surface area contributed by atoms with Gasteiger partial charge in [-0.05, 0) is 50.6 Å². The van der Waals surface area contributed by atoms with E-state index < -0.39 is 18.0 Å². The van der Waals surface area contributed by atoms with Gasteiger partial charge in [0.05, 0.1) is 35.1 Å². The van der Waals surface area contributed by atoms with E-state index in [0.29, 0.717) is 49.0 Å². The number of furan rings is 1. The van der Waals surface area contributed by atoms with Crippen molar-refractivity contribution in [3.8, 4) is 17.1 Å². The highest BCUT2D eigenvalue weighted by atomic mass is 32.1. The Morgan fingerprint density at radius 1 is 1.12 bits per heavy atom. The molecule has 204 valence electrons. The van der Waals surface area contributed by atoms with Crippen molar-refractivity contribution in [1.29, 1.82) is 0 Å². The van der Waals surface area contributed by atoms with E-state index >= 15 is 0 Å². The molecule has 0 spiro atoms. The number of para-hydroxylation sites is 1. The predicted octanol–water partition coefficient (Wildman–Crippen LogP) is 4.07. The Morgan fingerprint density at radius 2 is 1.90 bits per heavy atom. The molecule has 1 N–H and O–H groups in total. The fourth-order valence-electron chi connectivity index (χ4n) is 4.82. The maximum absolute atomic E-state index is 13.8. The SMILES string of the molecule is CCOC(=O)C1=C(C)N=c2s/c(=C\c3ccc(-c4cccc(C(=O)O)c4C)o3)c(=O)n2[C@H]1c1ccccc1OC. The summed E-state index contributed by atoms with van der Waals surface area (Å²) in [6.07, 6.45) is 1.62. The number of carboxylic acid groups (broad SMARTS) is 1. The van der Waals surface area contributed by atoms with Crippen molar-refractivity contribution in [3.05, 3.63) is 108 Å². The van der Waals surface area contributed by atoms with Gasteiger partial charge in [0.2, 0.25) is 0 Å². The third-order valence-corrected chi connectivity index (χ3v) is 7.66. The van der Waals surface area contributed by atoms with E-state index in [1.54, 1.807) is 57.2 Å². The number of hydrogen-bond acceptors (Lipinski definition) is 8. The summed E-state index contributed by atoms with van der Waals surface area (Å²) in [6.45, 7) is 5.34. The van der Waals surface area contributed by atoms with E-state index in [2.05, 4.69) is 4.99 Å². The monoisotopic (exact) mass is 558 g/mol. The Kier molecular flexibility index (Phi) is 7.27. The van der Waals surface area contributed by atoms with E-state index in [9.17, 15) is 19.5 Å². The third kappa shape index (κ3) is 4.66. The summed E-state index contributed by atoms with van der Waals surface area (Å²) in [4.78, 5) is 43.5. The van der Waals surface area contributed by atoms with Gasteiger partial charge in [-0.3, -0.25) is 9.36 Å². The molecule has 10 heteroatoms. The van der Waals surface area contributed by atoms with Gasteiger partial charge in [0.25, 0.3) is 5.56 Å². The number of thiazole rings is 1. The number of hydrogen-bond donors (Lipinski definition) is 1. The number of aromatic carboxylic acids is 1. The van der Waals surface area contributed by atoms with Crippen LogP contribution in [0.4, 0.5) is 0 Å². The fourth-order valence-corrected chi connectivity index (χ4v) is 5.84. The molecule has 0 amide bonds. The Labute approximate surface area is 232 Å². The van der Waals surface area contributed by atoms with Crippen LogP contribution in [0.15, 0.2) is 80.1 Å². The summed E-state index contributed by atoms with van der Waals surface area (Å²) < 4.78 is 18.8. The lowest BCUT2D eigenvalue weighted by molar-refractivity contribution is -0.139. The number of allylic oxidation sites excluding steroid dienone is 1. The zero-order valence-corrected chi connectivity index (χ0v) is 23.1. The highest BCUT2D eigenvalue weighted by molar-refractivity contribution is 7.07. The number of carboxylic acids is 1. The van der Waals surface area contributed by atoms with Crippen molar-refractivity contribution >= 4 is 29.4 Å². The topological polar surface area (TPSA) is 120 Å². The first kappa shape index (κ1) is 26.9. The van der Waals surface area contributed by atoms with E-state index in [1.165, 1.54) is 29.1 Å². The van der Waals surface area contributed by atoms with Crippen LogP contribution in [0.1, 0.15) is 47.1 Å². The van der Waals surface area contributed by atoms with E-state index in [-0.39, 0.29) is 23.3 Å². The molecule has 3 heterocycles. The number of benzene rings is 2. The Balaban J connectivity index is 1.65. The van der Waals surface area contributed by atoms with Gasteiger partial charge in [0, 0.05) is 17.2 Å². The van der Waals surface area contributed by atoms with Gasteiger partial charge in [-0.25, -0.2) is 14.6 Å². The Bertz CT molecular complexity index is 1860. The molecular formula is C30H26N2O7S. The Hall–Kier alpha value is -4.70. The van der Waals surface area contributed by atoms with E-state index in [1.807, 2.05) is 18.2 Å². The van der Waals surface area contributed by atoms with Crippen LogP contribution in [0.5, 0.6) is 5.75 Å². The maximum atomic E-state index is 13.8. The maximum Gasteiger partial charge on any atom is 0.338 e. The molecule has 40 heavy (non-hydrogen) atoms. The summed E-state index contributed by atoms with van der Waals surface area (Å²) in [5.74, 6) is -0.159. The van der Waals surface area contributed by atoms with Crippen LogP contribution in [-0.4, -0.2) is 35.3 Å². The highest BCUT2D eigenvalue weighted by Crippen LogP contribution is 2.35. The molecule has 9 nitrogen and oxygen atoms in total. The molecule has 0 saturated carbocycles. The summed E-state index contributed by atoms with van der Waals surface area (Å²) in [7, 11) is 1.53. The number of methoxy groups -OCH3 is 1. The average molecular weight is 559 g/mol. The lowest BCUT2D eigenvalue weighted by Crippen LogP contribution is -2.40. The average Bonchev–Trinajstić information content (AvgIpc) is 3.52. The van der Waals surface area contributed by atoms with Gasteiger partial charge in [0.1, 0.15) is 23.3 Å². The van der Waals surface area contributed by atoms with Gasteiger partial charge in [-0.1, -0.05) is 41.7 Å². The van der Waals surface area contributed by atoms with E-state index in [4.69, 9.17) is 13.9 Å². The van der Waals surface area contributed by atoms with Crippen LogP contribution in [0.2, 0.25) is 0 Å². The molecule has 5 rings (SSSR count). The number of ether oxygens (including phenoxy) is 2. The molecule has 0 aliphatic carbocycles. The van der Waals surface area contributed by atoms with Gasteiger partial charge in [0.15, 0.2) is 4.80 Å². The summed E-state index contributed by atoms with van der Waals surface area (Å²) in [5.41, 5.74) is 2.41. The zero-order valence-electron chi connectivity index (χ0n) is 22.3.